The van der Waals surface area contributed by atoms with Crippen LogP contribution in [0.3, 0.4) is 0 Å². The normalized spacial score (nSPS) is 12.9. The van der Waals surface area contributed by atoms with Crippen molar-refractivity contribution in [2.24, 2.45) is 0 Å². The summed E-state index contributed by atoms with van der Waals surface area (Å²) in [6.07, 6.45) is -8.90. The fraction of sp³-hybridized carbons (Fsp3) is 0.250. The molecule has 8 heteroatoms. The zero-order valence-electron chi connectivity index (χ0n) is 9.93. The lowest BCUT2D eigenvalue weighted by Gasteiger charge is -2.16. The molecule has 0 atom stereocenters. The molecule has 1 aromatic rings. The molecule has 0 spiro atoms. The summed E-state index contributed by atoms with van der Waals surface area (Å²) in [5.74, 6) is -1.50. The van der Waals surface area contributed by atoms with Gasteiger partial charge >= 0.3 is 18.3 Å². The summed E-state index contributed by atoms with van der Waals surface area (Å²) in [4.78, 5) is 10.3. The maximum absolute atomic E-state index is 12.7. The number of aliphatic carboxylic acids is 1. The van der Waals surface area contributed by atoms with Crippen LogP contribution in [0.5, 0.6) is 0 Å². The van der Waals surface area contributed by atoms with Crippen LogP contribution < -0.4 is 0 Å². The van der Waals surface area contributed by atoms with Gasteiger partial charge in [0.05, 0.1) is 11.1 Å². The largest absolute Gasteiger partial charge is 0.478 e. The lowest BCUT2D eigenvalue weighted by Crippen LogP contribution is -2.14. The predicted molar refractivity (Wildman–Crippen MR) is 57.9 cm³/mol. The van der Waals surface area contributed by atoms with Crippen LogP contribution in [-0.2, 0) is 17.1 Å². The highest BCUT2D eigenvalue weighted by atomic mass is 19.4. The van der Waals surface area contributed by atoms with Gasteiger partial charge in [-0.05, 0) is 30.2 Å². The van der Waals surface area contributed by atoms with Crippen LogP contribution in [-0.4, -0.2) is 11.1 Å². The van der Waals surface area contributed by atoms with Gasteiger partial charge < -0.3 is 5.11 Å². The minimum absolute atomic E-state index is 0.0170. The Kier molecular flexibility index (Phi) is 4.16. The molecule has 0 radical (unpaired) electrons. The molecule has 0 heterocycles. The molecule has 0 aliphatic rings. The van der Waals surface area contributed by atoms with Gasteiger partial charge in [0, 0.05) is 6.08 Å². The van der Waals surface area contributed by atoms with Gasteiger partial charge in [0.1, 0.15) is 0 Å². The fourth-order valence-corrected chi connectivity index (χ4v) is 1.58. The first kappa shape index (κ1) is 16.1. The second kappa shape index (κ2) is 5.18. The van der Waals surface area contributed by atoms with Gasteiger partial charge in [0.2, 0.25) is 0 Å². The summed E-state index contributed by atoms with van der Waals surface area (Å²) in [5, 5.41) is 8.37. The van der Waals surface area contributed by atoms with Crippen molar-refractivity contribution in [3.05, 3.63) is 40.5 Å². The SMILES string of the molecule is Cc1cc(/C=C/C(=O)O)c(C(F)(F)F)cc1C(F)(F)F. The maximum atomic E-state index is 12.7. The summed E-state index contributed by atoms with van der Waals surface area (Å²) in [6, 6.07) is 0.641. The van der Waals surface area contributed by atoms with E-state index < -0.39 is 40.6 Å². The van der Waals surface area contributed by atoms with Crippen LogP contribution in [0.4, 0.5) is 26.3 Å². The molecule has 1 N–H and O–H groups in total. The van der Waals surface area contributed by atoms with Crippen molar-refractivity contribution in [1.82, 2.24) is 0 Å². The molecule has 0 saturated heterocycles. The smallest absolute Gasteiger partial charge is 0.417 e. The van der Waals surface area contributed by atoms with Gasteiger partial charge in [-0.25, -0.2) is 4.79 Å². The summed E-state index contributed by atoms with van der Waals surface area (Å²) < 4.78 is 75.9. The molecule has 0 aliphatic heterocycles. The number of carbonyl (C=O) groups is 1. The monoisotopic (exact) mass is 298 g/mol. The highest BCUT2D eigenvalue weighted by molar-refractivity contribution is 5.85. The third-order valence-corrected chi connectivity index (χ3v) is 2.41. The van der Waals surface area contributed by atoms with Gasteiger partial charge in [0.25, 0.3) is 0 Å². The van der Waals surface area contributed by atoms with E-state index in [-0.39, 0.29) is 6.07 Å². The molecule has 0 aromatic heterocycles. The third kappa shape index (κ3) is 3.75. The Morgan fingerprint density at radius 2 is 1.55 bits per heavy atom. The van der Waals surface area contributed by atoms with Gasteiger partial charge in [0.15, 0.2) is 0 Å². The number of halogens is 6. The lowest BCUT2D eigenvalue weighted by atomic mass is 9.98. The minimum Gasteiger partial charge on any atom is -0.478 e. The number of rotatable bonds is 2. The van der Waals surface area contributed by atoms with Gasteiger partial charge in [-0.3, -0.25) is 0 Å². The van der Waals surface area contributed by atoms with Crippen LogP contribution in [0.15, 0.2) is 18.2 Å². The Labute approximate surface area is 109 Å². The van der Waals surface area contributed by atoms with Crippen molar-refractivity contribution in [1.29, 1.82) is 0 Å². The first-order valence-corrected chi connectivity index (χ1v) is 5.13. The highest BCUT2D eigenvalue weighted by Crippen LogP contribution is 2.39. The maximum Gasteiger partial charge on any atom is 0.417 e. The van der Waals surface area contributed by atoms with Crippen molar-refractivity contribution in [2.75, 3.05) is 0 Å². The van der Waals surface area contributed by atoms with E-state index in [1.54, 1.807) is 0 Å². The Balaban J connectivity index is 3.54. The number of hydrogen-bond donors (Lipinski definition) is 1. The van der Waals surface area contributed by atoms with Crippen molar-refractivity contribution in [3.8, 4) is 0 Å². The van der Waals surface area contributed by atoms with E-state index in [4.69, 9.17) is 5.11 Å². The van der Waals surface area contributed by atoms with Crippen molar-refractivity contribution < 1.29 is 36.2 Å². The van der Waals surface area contributed by atoms with Gasteiger partial charge in [-0.15, -0.1) is 0 Å². The van der Waals surface area contributed by atoms with E-state index >= 15 is 0 Å². The first-order chi connectivity index (χ1) is 8.93. The number of carboxylic acid groups (broad SMARTS) is 1. The minimum atomic E-state index is -5.02. The van der Waals surface area contributed by atoms with Crippen LogP contribution in [0.1, 0.15) is 22.3 Å². The zero-order chi connectivity index (χ0) is 15.7. The molecule has 0 fully saturated rings. The van der Waals surface area contributed by atoms with Crippen molar-refractivity contribution >= 4 is 12.0 Å². The Morgan fingerprint density at radius 3 is 1.95 bits per heavy atom. The van der Waals surface area contributed by atoms with Crippen LogP contribution in [0.25, 0.3) is 6.08 Å². The summed E-state index contributed by atoms with van der Waals surface area (Å²) >= 11 is 0. The van der Waals surface area contributed by atoms with E-state index in [1.165, 1.54) is 0 Å². The van der Waals surface area contributed by atoms with E-state index in [0.717, 1.165) is 6.92 Å². The zero-order valence-corrected chi connectivity index (χ0v) is 9.93. The average molecular weight is 298 g/mol. The Bertz CT molecular complexity index is 554. The summed E-state index contributed by atoms with van der Waals surface area (Å²) in [7, 11) is 0. The number of benzene rings is 1. The van der Waals surface area contributed by atoms with Crippen LogP contribution >= 0.6 is 0 Å². The number of hydrogen-bond acceptors (Lipinski definition) is 1. The molecule has 0 bridgehead atoms. The number of carboxylic acids is 1. The average Bonchev–Trinajstić information content (AvgIpc) is 2.22. The van der Waals surface area contributed by atoms with Crippen molar-refractivity contribution in [2.45, 2.75) is 19.3 Å². The highest BCUT2D eigenvalue weighted by Gasteiger charge is 2.38. The van der Waals surface area contributed by atoms with Crippen LogP contribution in [0, 0.1) is 6.92 Å². The quantitative estimate of drug-likeness (QED) is 0.658. The number of aryl methyl sites for hydroxylation is 1. The molecule has 2 nitrogen and oxygen atoms in total. The molecule has 110 valence electrons. The standard InChI is InChI=1S/C12H8F6O2/c1-6-4-7(2-3-10(19)20)9(12(16,17)18)5-8(6)11(13,14)15/h2-5H,1H3,(H,19,20)/b3-2+. The summed E-state index contributed by atoms with van der Waals surface area (Å²) in [6.45, 7) is 1.00. The molecular formula is C12H8F6O2. The molecule has 0 unspecified atom stereocenters. The molecule has 0 aliphatic carbocycles. The molecule has 0 saturated carbocycles. The molecule has 20 heavy (non-hydrogen) atoms. The van der Waals surface area contributed by atoms with Crippen LogP contribution in [0.2, 0.25) is 0 Å². The number of alkyl halides is 6. The molecular weight excluding hydrogens is 290 g/mol. The predicted octanol–water partition coefficient (Wildman–Crippen LogP) is 4.13. The second-order valence-electron chi connectivity index (χ2n) is 3.92. The van der Waals surface area contributed by atoms with Gasteiger partial charge in [-0.1, -0.05) is 6.07 Å². The second-order valence-corrected chi connectivity index (χ2v) is 3.92. The topological polar surface area (TPSA) is 37.3 Å². The third-order valence-electron chi connectivity index (χ3n) is 2.41. The lowest BCUT2D eigenvalue weighted by molar-refractivity contribution is -0.143. The van der Waals surface area contributed by atoms with Crippen molar-refractivity contribution in [3.63, 3.8) is 0 Å². The summed E-state index contributed by atoms with van der Waals surface area (Å²) in [5.41, 5.74) is -3.99. The van der Waals surface area contributed by atoms with E-state index in [2.05, 4.69) is 0 Å². The van der Waals surface area contributed by atoms with E-state index in [9.17, 15) is 31.1 Å². The van der Waals surface area contributed by atoms with E-state index in [0.29, 0.717) is 18.2 Å². The Morgan fingerprint density at radius 1 is 1.05 bits per heavy atom. The van der Waals surface area contributed by atoms with Gasteiger partial charge in [-0.2, -0.15) is 26.3 Å². The van der Waals surface area contributed by atoms with E-state index in [1.807, 2.05) is 0 Å². The first-order valence-electron chi connectivity index (χ1n) is 5.13. The molecule has 1 aromatic carbocycles. The fourth-order valence-electron chi connectivity index (χ4n) is 1.58. The Hall–Kier alpha value is -1.99. The molecule has 0 amide bonds. The molecule has 1 rings (SSSR count).